The van der Waals surface area contributed by atoms with Crippen molar-refractivity contribution in [2.75, 3.05) is 0 Å². The van der Waals surface area contributed by atoms with Crippen LogP contribution in [-0.2, 0) is 9.59 Å². The minimum absolute atomic E-state index is 0.153. The van der Waals surface area contributed by atoms with Crippen molar-refractivity contribution in [2.24, 2.45) is 17.8 Å². The van der Waals surface area contributed by atoms with Gasteiger partial charge >= 0.3 is 0 Å². The molecule has 0 bridgehead atoms. The number of Topliss-reactive ketones (excluding diaryl/α,β-unsaturated/α-hetero) is 1. The van der Waals surface area contributed by atoms with Gasteiger partial charge in [-0.25, -0.2) is 5.01 Å². The zero-order valence-electron chi connectivity index (χ0n) is 18.1. The second kappa shape index (κ2) is 9.12. The highest BCUT2D eigenvalue weighted by Crippen LogP contribution is 2.40. The molecule has 4 atom stereocenters. The SMILES string of the molecule is C[C@@H]1C=CC[C@@H]2C(=O)N(N(C(=O)c3ccc(Cl)cc3)[C@H](C)C(=O)c3ccc(Cl)cc3)C(=O)[C@H]12. The molecule has 0 spiro atoms. The van der Waals surface area contributed by atoms with E-state index in [9.17, 15) is 19.2 Å². The van der Waals surface area contributed by atoms with Crippen molar-refractivity contribution in [3.8, 4) is 0 Å². The highest BCUT2D eigenvalue weighted by atomic mass is 35.5. The van der Waals surface area contributed by atoms with Gasteiger partial charge in [0.1, 0.15) is 6.04 Å². The van der Waals surface area contributed by atoms with Gasteiger partial charge in [-0.15, -0.1) is 0 Å². The van der Waals surface area contributed by atoms with Crippen LogP contribution in [0, 0.1) is 17.8 Å². The first-order valence-corrected chi connectivity index (χ1v) is 11.4. The van der Waals surface area contributed by atoms with Gasteiger partial charge < -0.3 is 0 Å². The Kier molecular flexibility index (Phi) is 6.41. The lowest BCUT2D eigenvalue weighted by atomic mass is 9.78. The molecule has 2 aromatic rings. The molecule has 0 unspecified atom stereocenters. The Bertz CT molecular complexity index is 1140. The normalized spacial score (nSPS) is 22.8. The number of hydrogen-bond donors (Lipinski definition) is 0. The predicted octanol–water partition coefficient (Wildman–Crippen LogP) is 4.82. The number of fused-ring (bicyclic) bond motifs is 1. The second-order valence-electron chi connectivity index (χ2n) is 8.35. The minimum atomic E-state index is -1.12. The van der Waals surface area contributed by atoms with Gasteiger partial charge in [0.25, 0.3) is 17.7 Å². The lowest BCUT2D eigenvalue weighted by Crippen LogP contribution is -2.56. The monoisotopic (exact) mass is 484 g/mol. The molecule has 2 aromatic carbocycles. The molecular formula is C25H22Cl2N2O4. The number of rotatable bonds is 5. The molecular weight excluding hydrogens is 463 g/mol. The Morgan fingerprint density at radius 1 is 0.939 bits per heavy atom. The van der Waals surface area contributed by atoms with Crippen LogP contribution in [0.3, 0.4) is 0 Å². The number of carbonyl (C=O) groups excluding carboxylic acids is 4. The van der Waals surface area contributed by atoms with Gasteiger partial charge in [-0.05, 0) is 67.8 Å². The van der Waals surface area contributed by atoms with Gasteiger partial charge in [0.15, 0.2) is 5.78 Å². The summed E-state index contributed by atoms with van der Waals surface area (Å²) in [6, 6.07) is 11.2. The van der Waals surface area contributed by atoms with Crippen LogP contribution in [0.5, 0.6) is 0 Å². The van der Waals surface area contributed by atoms with E-state index in [0.29, 0.717) is 22.0 Å². The molecule has 0 saturated carbocycles. The van der Waals surface area contributed by atoms with Gasteiger partial charge in [0, 0.05) is 21.2 Å². The van der Waals surface area contributed by atoms with E-state index in [0.717, 1.165) is 10.0 Å². The summed E-state index contributed by atoms with van der Waals surface area (Å²) in [7, 11) is 0. The van der Waals surface area contributed by atoms with E-state index < -0.39 is 41.4 Å². The van der Waals surface area contributed by atoms with Crippen molar-refractivity contribution in [1.29, 1.82) is 0 Å². The van der Waals surface area contributed by atoms with Crippen molar-refractivity contribution < 1.29 is 19.2 Å². The quantitative estimate of drug-likeness (QED) is 0.346. The maximum absolute atomic E-state index is 13.6. The Morgan fingerprint density at radius 2 is 1.48 bits per heavy atom. The molecule has 0 aromatic heterocycles. The zero-order valence-corrected chi connectivity index (χ0v) is 19.6. The Balaban J connectivity index is 1.76. The fourth-order valence-corrected chi connectivity index (χ4v) is 4.73. The van der Waals surface area contributed by atoms with Gasteiger partial charge in [0.2, 0.25) is 0 Å². The topological polar surface area (TPSA) is 74.8 Å². The number of hydrogen-bond acceptors (Lipinski definition) is 4. The van der Waals surface area contributed by atoms with Crippen LogP contribution < -0.4 is 0 Å². The lowest BCUT2D eigenvalue weighted by Gasteiger charge is -2.34. The lowest BCUT2D eigenvalue weighted by molar-refractivity contribution is -0.156. The van der Waals surface area contributed by atoms with Crippen LogP contribution in [0.2, 0.25) is 10.0 Å². The molecule has 6 nitrogen and oxygen atoms in total. The molecule has 1 aliphatic carbocycles. The molecule has 4 rings (SSSR count). The van der Waals surface area contributed by atoms with Gasteiger partial charge in [-0.2, -0.15) is 5.01 Å². The van der Waals surface area contributed by atoms with E-state index in [1.54, 1.807) is 24.3 Å². The number of nitrogens with zero attached hydrogens (tertiary/aromatic N) is 2. The highest BCUT2D eigenvalue weighted by Gasteiger charge is 2.54. The van der Waals surface area contributed by atoms with E-state index >= 15 is 0 Å². The van der Waals surface area contributed by atoms with Crippen LogP contribution >= 0.6 is 23.2 Å². The molecule has 0 radical (unpaired) electrons. The van der Waals surface area contributed by atoms with Crippen LogP contribution in [0.25, 0.3) is 0 Å². The number of halogens is 2. The third-order valence-corrected chi connectivity index (χ3v) is 6.74. The minimum Gasteiger partial charge on any atom is -0.292 e. The van der Waals surface area contributed by atoms with Crippen molar-refractivity contribution in [3.05, 3.63) is 81.9 Å². The first-order valence-electron chi connectivity index (χ1n) is 10.6. The number of carbonyl (C=O) groups is 4. The zero-order chi connectivity index (χ0) is 23.9. The standard InChI is InChI=1S/C25H22Cl2N2O4/c1-14-4-3-5-20-21(14)25(33)29(24(20)32)28(23(31)17-8-12-19(27)13-9-17)15(2)22(30)16-6-10-18(26)11-7-16/h3-4,6-15,20-21H,5H2,1-2H3/t14-,15-,20+,21-/m1/s1. The van der Waals surface area contributed by atoms with Gasteiger partial charge in [0.05, 0.1) is 11.8 Å². The summed E-state index contributed by atoms with van der Waals surface area (Å²) in [5.74, 6) is -3.28. The molecule has 8 heteroatoms. The maximum Gasteiger partial charge on any atom is 0.273 e. The van der Waals surface area contributed by atoms with Crippen LogP contribution in [0.15, 0.2) is 60.7 Å². The van der Waals surface area contributed by atoms with Crippen LogP contribution in [0.4, 0.5) is 0 Å². The average molecular weight is 485 g/mol. The molecule has 33 heavy (non-hydrogen) atoms. The first kappa shape index (κ1) is 23.2. The molecule has 3 amide bonds. The predicted molar refractivity (Wildman–Crippen MR) is 125 cm³/mol. The van der Waals surface area contributed by atoms with Crippen LogP contribution in [0.1, 0.15) is 41.0 Å². The first-order chi connectivity index (χ1) is 15.7. The summed E-state index contributed by atoms with van der Waals surface area (Å²) in [6.45, 7) is 3.38. The Labute approximate surface area is 201 Å². The number of hydrazine groups is 1. The van der Waals surface area contributed by atoms with Crippen molar-refractivity contribution >= 4 is 46.7 Å². The average Bonchev–Trinajstić information content (AvgIpc) is 3.05. The molecule has 1 fully saturated rings. The van der Waals surface area contributed by atoms with Gasteiger partial charge in [-0.1, -0.05) is 42.3 Å². The summed E-state index contributed by atoms with van der Waals surface area (Å²) in [6.07, 6.45) is 4.20. The summed E-state index contributed by atoms with van der Waals surface area (Å²) in [5.41, 5.74) is 0.518. The fraction of sp³-hybridized carbons (Fsp3) is 0.280. The maximum atomic E-state index is 13.6. The summed E-state index contributed by atoms with van der Waals surface area (Å²) in [4.78, 5) is 53.7. The second-order valence-corrected chi connectivity index (χ2v) is 9.22. The van der Waals surface area contributed by atoms with E-state index in [4.69, 9.17) is 23.2 Å². The van der Waals surface area contributed by atoms with E-state index in [-0.39, 0.29) is 11.5 Å². The van der Waals surface area contributed by atoms with Crippen LogP contribution in [-0.4, -0.2) is 39.6 Å². The summed E-state index contributed by atoms with van der Waals surface area (Å²) in [5, 5.41) is 2.77. The molecule has 1 heterocycles. The number of benzene rings is 2. The van der Waals surface area contributed by atoms with E-state index in [1.165, 1.54) is 31.2 Å². The Hall–Kier alpha value is -2.96. The third kappa shape index (κ3) is 4.21. The van der Waals surface area contributed by atoms with E-state index in [2.05, 4.69) is 0 Å². The molecule has 1 aliphatic heterocycles. The third-order valence-electron chi connectivity index (χ3n) is 6.24. The highest BCUT2D eigenvalue weighted by molar-refractivity contribution is 6.31. The number of amides is 3. The number of imide groups is 1. The largest absolute Gasteiger partial charge is 0.292 e. The van der Waals surface area contributed by atoms with E-state index in [1.807, 2.05) is 19.1 Å². The number of allylic oxidation sites excluding steroid dienone is 2. The summed E-state index contributed by atoms with van der Waals surface area (Å²) >= 11 is 11.9. The number of ketones is 1. The fourth-order valence-electron chi connectivity index (χ4n) is 4.47. The summed E-state index contributed by atoms with van der Waals surface area (Å²) < 4.78 is 0. The molecule has 0 N–H and O–H groups in total. The molecule has 2 aliphatic rings. The van der Waals surface area contributed by atoms with Gasteiger partial charge in [-0.3, -0.25) is 19.2 Å². The molecule has 1 saturated heterocycles. The Morgan fingerprint density at radius 3 is 2.03 bits per heavy atom. The van der Waals surface area contributed by atoms with Crippen molar-refractivity contribution in [3.63, 3.8) is 0 Å². The smallest absolute Gasteiger partial charge is 0.273 e. The van der Waals surface area contributed by atoms with Crippen molar-refractivity contribution in [1.82, 2.24) is 10.0 Å². The van der Waals surface area contributed by atoms with Crippen molar-refractivity contribution in [2.45, 2.75) is 26.3 Å². The molecule has 170 valence electrons.